The molecule has 3 aromatic rings. The fraction of sp³-hybridized carbons (Fsp3) is 0.150. The number of halogens is 3. The van der Waals surface area contributed by atoms with Crippen LogP contribution in [0.2, 0.25) is 0 Å². The Morgan fingerprint density at radius 2 is 1.72 bits per heavy atom. The molecule has 0 radical (unpaired) electrons. The zero-order valence-electron chi connectivity index (χ0n) is 15.1. The van der Waals surface area contributed by atoms with Crippen molar-refractivity contribution in [3.05, 3.63) is 65.2 Å². The maximum absolute atomic E-state index is 12.2. The molecule has 2 aromatic carbocycles. The normalized spacial score (nSPS) is 11.2. The van der Waals surface area contributed by atoms with Crippen molar-refractivity contribution in [2.45, 2.75) is 19.7 Å². The highest BCUT2D eigenvalue weighted by Crippen LogP contribution is 2.29. The van der Waals surface area contributed by atoms with Crippen LogP contribution in [-0.4, -0.2) is 23.0 Å². The summed E-state index contributed by atoms with van der Waals surface area (Å²) in [5.41, 5.74) is 1.75. The van der Waals surface area contributed by atoms with Gasteiger partial charge in [0.25, 0.3) is 0 Å². The lowest BCUT2D eigenvalue weighted by Gasteiger charge is -2.08. The predicted molar refractivity (Wildman–Crippen MR) is 103 cm³/mol. The number of nitrogens with one attached hydrogen (secondary N) is 1. The van der Waals surface area contributed by atoms with Gasteiger partial charge in [-0.3, -0.25) is 9.59 Å². The zero-order valence-corrected chi connectivity index (χ0v) is 15.9. The van der Waals surface area contributed by atoms with E-state index in [1.807, 2.05) is 0 Å². The van der Waals surface area contributed by atoms with E-state index in [1.54, 1.807) is 30.5 Å². The number of Topliss-reactive ketones (excluding diaryl/α,β-unsaturated/α-hetero) is 1. The van der Waals surface area contributed by atoms with Gasteiger partial charge >= 0.3 is 6.36 Å². The van der Waals surface area contributed by atoms with Crippen molar-refractivity contribution in [1.29, 1.82) is 0 Å². The summed E-state index contributed by atoms with van der Waals surface area (Å²) in [6.45, 7) is 1.46. The van der Waals surface area contributed by atoms with E-state index in [-0.39, 0.29) is 23.9 Å². The summed E-state index contributed by atoms with van der Waals surface area (Å²) in [5, 5.41) is 3.32. The number of carbonyl (C=O) groups is 2. The minimum Gasteiger partial charge on any atom is -0.406 e. The Kier molecular flexibility index (Phi) is 5.97. The van der Waals surface area contributed by atoms with Gasteiger partial charge in [0, 0.05) is 27.9 Å². The fourth-order valence-corrected chi connectivity index (χ4v) is 3.39. The summed E-state index contributed by atoms with van der Waals surface area (Å²) < 4.78 is 40.5. The van der Waals surface area contributed by atoms with Gasteiger partial charge in [0.2, 0.25) is 5.91 Å². The maximum atomic E-state index is 12.2. The number of anilines is 1. The minimum absolute atomic E-state index is 0.0573. The molecular formula is C20H15F3N2O3S. The molecule has 3 rings (SSSR count). The Bertz CT molecular complexity index is 1010. The number of ketones is 1. The highest BCUT2D eigenvalue weighted by molar-refractivity contribution is 7.15. The molecule has 0 aliphatic rings. The van der Waals surface area contributed by atoms with Gasteiger partial charge in [-0.1, -0.05) is 0 Å². The molecule has 0 aliphatic carbocycles. The Balaban J connectivity index is 1.61. The molecule has 0 saturated heterocycles. The van der Waals surface area contributed by atoms with E-state index in [1.165, 1.54) is 42.5 Å². The lowest BCUT2D eigenvalue weighted by atomic mass is 10.1. The van der Waals surface area contributed by atoms with Crippen LogP contribution in [0.4, 0.5) is 18.9 Å². The molecule has 0 atom stereocenters. The third-order valence-corrected chi connectivity index (χ3v) is 4.84. The summed E-state index contributed by atoms with van der Waals surface area (Å²) in [6, 6.07) is 11.9. The largest absolute Gasteiger partial charge is 0.573 e. The summed E-state index contributed by atoms with van der Waals surface area (Å²) in [7, 11) is 0. The number of alkyl halides is 3. The molecule has 0 fully saturated rings. The number of ether oxygens (including phenoxy) is 1. The monoisotopic (exact) mass is 420 g/mol. The number of nitrogens with zero attached hydrogens (tertiary/aromatic N) is 1. The molecule has 1 N–H and O–H groups in total. The summed E-state index contributed by atoms with van der Waals surface area (Å²) in [5.74, 6) is -0.615. The second-order valence-electron chi connectivity index (χ2n) is 6.06. The van der Waals surface area contributed by atoms with Gasteiger partial charge < -0.3 is 10.1 Å². The van der Waals surface area contributed by atoms with E-state index in [0.29, 0.717) is 26.7 Å². The second kappa shape index (κ2) is 8.44. The van der Waals surface area contributed by atoms with Crippen molar-refractivity contribution in [1.82, 2.24) is 4.98 Å². The molecule has 0 bridgehead atoms. The number of hydrogen-bond acceptors (Lipinski definition) is 5. The summed E-state index contributed by atoms with van der Waals surface area (Å²) >= 11 is 1.27. The smallest absolute Gasteiger partial charge is 0.406 e. The molecule has 150 valence electrons. The number of benzene rings is 2. The molecule has 0 saturated carbocycles. The number of rotatable bonds is 6. The van der Waals surface area contributed by atoms with Crippen LogP contribution in [0.25, 0.3) is 10.6 Å². The highest BCUT2D eigenvalue weighted by atomic mass is 32.1. The SMILES string of the molecule is CC(=O)c1ccc(NC(=O)Cc2cnc(-c3ccc(OC(F)(F)F)cc3)s2)cc1. The van der Waals surface area contributed by atoms with Crippen LogP contribution in [0, 0.1) is 0 Å². The summed E-state index contributed by atoms with van der Waals surface area (Å²) in [4.78, 5) is 28.4. The number of amides is 1. The molecule has 0 aliphatic heterocycles. The Morgan fingerprint density at radius 1 is 1.07 bits per heavy atom. The van der Waals surface area contributed by atoms with Gasteiger partial charge in [0.05, 0.1) is 6.42 Å². The standard InChI is InChI=1S/C20H15F3N2O3S/c1-12(26)13-2-6-15(7-3-13)25-18(27)10-17-11-24-19(29-17)14-4-8-16(9-5-14)28-20(21,22)23/h2-9,11H,10H2,1H3,(H,25,27). The third-order valence-electron chi connectivity index (χ3n) is 3.80. The van der Waals surface area contributed by atoms with Crippen molar-refractivity contribution in [2.75, 3.05) is 5.32 Å². The molecule has 0 spiro atoms. The molecular weight excluding hydrogens is 405 g/mol. The van der Waals surface area contributed by atoms with E-state index in [2.05, 4.69) is 15.0 Å². The van der Waals surface area contributed by atoms with Gasteiger partial charge in [-0.2, -0.15) is 0 Å². The van der Waals surface area contributed by atoms with Crippen molar-refractivity contribution in [3.8, 4) is 16.3 Å². The number of thiazole rings is 1. The van der Waals surface area contributed by atoms with Crippen LogP contribution < -0.4 is 10.1 Å². The first-order chi connectivity index (χ1) is 13.7. The number of carbonyl (C=O) groups excluding carboxylic acids is 2. The molecule has 1 aromatic heterocycles. The van der Waals surface area contributed by atoms with Crippen LogP contribution >= 0.6 is 11.3 Å². The van der Waals surface area contributed by atoms with E-state index in [0.717, 1.165) is 0 Å². The third kappa shape index (κ3) is 5.89. The van der Waals surface area contributed by atoms with E-state index < -0.39 is 6.36 Å². The van der Waals surface area contributed by atoms with Crippen molar-refractivity contribution >= 4 is 28.7 Å². The van der Waals surface area contributed by atoms with Crippen molar-refractivity contribution in [2.24, 2.45) is 0 Å². The van der Waals surface area contributed by atoms with Gasteiger partial charge in [-0.15, -0.1) is 24.5 Å². The van der Waals surface area contributed by atoms with E-state index in [4.69, 9.17) is 0 Å². The Hall–Kier alpha value is -3.20. The first-order valence-corrected chi connectivity index (χ1v) is 9.23. The van der Waals surface area contributed by atoms with Crippen molar-refractivity contribution < 1.29 is 27.5 Å². The van der Waals surface area contributed by atoms with Gasteiger partial charge in [0.1, 0.15) is 10.8 Å². The molecule has 9 heteroatoms. The lowest BCUT2D eigenvalue weighted by molar-refractivity contribution is -0.274. The van der Waals surface area contributed by atoms with Gasteiger partial charge in [-0.25, -0.2) is 4.98 Å². The lowest BCUT2D eigenvalue weighted by Crippen LogP contribution is -2.16. The Labute approximate surface area is 168 Å². The van der Waals surface area contributed by atoms with Crippen molar-refractivity contribution in [3.63, 3.8) is 0 Å². The predicted octanol–water partition coefficient (Wildman–Crippen LogP) is 5.09. The van der Waals surface area contributed by atoms with Crippen LogP contribution in [0.5, 0.6) is 5.75 Å². The molecule has 29 heavy (non-hydrogen) atoms. The number of aromatic nitrogens is 1. The minimum atomic E-state index is -4.74. The second-order valence-corrected chi connectivity index (χ2v) is 7.18. The van der Waals surface area contributed by atoms with Crippen LogP contribution in [0.3, 0.4) is 0 Å². The van der Waals surface area contributed by atoms with E-state index >= 15 is 0 Å². The van der Waals surface area contributed by atoms with Gasteiger partial charge in [-0.05, 0) is 55.5 Å². The van der Waals surface area contributed by atoms with E-state index in [9.17, 15) is 22.8 Å². The summed E-state index contributed by atoms with van der Waals surface area (Å²) in [6.07, 6.45) is -3.09. The topological polar surface area (TPSA) is 68.3 Å². The molecule has 1 amide bonds. The average molecular weight is 420 g/mol. The number of hydrogen-bond donors (Lipinski definition) is 1. The maximum Gasteiger partial charge on any atom is 0.573 e. The Morgan fingerprint density at radius 3 is 2.31 bits per heavy atom. The van der Waals surface area contributed by atoms with Gasteiger partial charge in [0.15, 0.2) is 5.78 Å². The highest BCUT2D eigenvalue weighted by Gasteiger charge is 2.31. The molecule has 1 heterocycles. The zero-order chi connectivity index (χ0) is 21.0. The first kappa shape index (κ1) is 20.5. The molecule has 5 nitrogen and oxygen atoms in total. The fourth-order valence-electron chi connectivity index (χ4n) is 2.47. The average Bonchev–Trinajstić information content (AvgIpc) is 3.09. The first-order valence-electron chi connectivity index (χ1n) is 8.41. The van der Waals surface area contributed by atoms with Crippen LogP contribution in [0.15, 0.2) is 54.7 Å². The molecule has 0 unspecified atom stereocenters. The quantitative estimate of drug-likeness (QED) is 0.564. The van der Waals surface area contributed by atoms with Crippen LogP contribution in [0.1, 0.15) is 22.2 Å². The van der Waals surface area contributed by atoms with Crippen LogP contribution in [-0.2, 0) is 11.2 Å².